The lowest BCUT2D eigenvalue weighted by Gasteiger charge is -2.17. The Morgan fingerprint density at radius 2 is 1.44 bits per heavy atom. The Bertz CT molecular complexity index is 201. The van der Waals surface area contributed by atoms with Crippen molar-refractivity contribution in [3.05, 3.63) is 0 Å². The highest BCUT2D eigenvalue weighted by Crippen LogP contribution is 2.23. The summed E-state index contributed by atoms with van der Waals surface area (Å²) in [4.78, 5) is 10.8. The smallest absolute Gasteiger partial charge is 0.306 e. The minimum absolute atomic E-state index is 0.174. The summed E-state index contributed by atoms with van der Waals surface area (Å²) in [5.41, 5.74) is 0. The first kappa shape index (κ1) is 17.5. The highest BCUT2D eigenvalue weighted by atomic mass is 16.4. The number of hydrogen-bond donors (Lipinski definition) is 1. The molecule has 0 bridgehead atoms. The molecule has 2 nitrogen and oxygen atoms in total. The third-order valence-corrected chi connectivity index (χ3v) is 3.85. The van der Waals surface area contributed by atoms with Crippen LogP contribution < -0.4 is 0 Å². The van der Waals surface area contributed by atoms with E-state index in [1.165, 1.54) is 51.4 Å². The van der Waals surface area contributed by atoms with E-state index in [2.05, 4.69) is 13.8 Å². The Balaban J connectivity index is 3.80. The van der Waals surface area contributed by atoms with Gasteiger partial charge in [-0.3, -0.25) is 4.79 Å². The van der Waals surface area contributed by atoms with Crippen LogP contribution in [0.2, 0.25) is 0 Å². The van der Waals surface area contributed by atoms with Crippen molar-refractivity contribution in [3.8, 4) is 0 Å². The zero-order chi connectivity index (χ0) is 13.8. The van der Waals surface area contributed by atoms with Gasteiger partial charge in [-0.1, -0.05) is 78.6 Å². The average molecular weight is 256 g/mol. The van der Waals surface area contributed by atoms with Gasteiger partial charge >= 0.3 is 5.97 Å². The molecule has 0 aromatic heterocycles. The van der Waals surface area contributed by atoms with Crippen LogP contribution in [0.4, 0.5) is 0 Å². The SMILES string of the molecule is CCCCCC(CCCC)CCCC(C)C(=O)O. The normalized spacial score (nSPS) is 14.4. The lowest BCUT2D eigenvalue weighted by Crippen LogP contribution is -2.10. The summed E-state index contributed by atoms with van der Waals surface area (Å²) in [5, 5.41) is 8.86. The number of hydrogen-bond acceptors (Lipinski definition) is 1. The van der Waals surface area contributed by atoms with Gasteiger partial charge in [-0.05, 0) is 12.3 Å². The van der Waals surface area contributed by atoms with Crippen LogP contribution in [0.1, 0.15) is 85.0 Å². The molecule has 0 aliphatic rings. The molecule has 0 aromatic carbocycles. The topological polar surface area (TPSA) is 37.3 Å². The Labute approximate surface area is 113 Å². The minimum atomic E-state index is -0.647. The van der Waals surface area contributed by atoms with E-state index in [9.17, 15) is 4.79 Å². The summed E-state index contributed by atoms with van der Waals surface area (Å²) in [7, 11) is 0. The van der Waals surface area contributed by atoms with E-state index in [0.717, 1.165) is 18.8 Å². The summed E-state index contributed by atoms with van der Waals surface area (Å²) < 4.78 is 0. The van der Waals surface area contributed by atoms with Crippen LogP contribution in [0.5, 0.6) is 0 Å². The molecule has 2 atom stereocenters. The molecule has 2 unspecified atom stereocenters. The molecule has 0 amide bonds. The van der Waals surface area contributed by atoms with E-state index in [4.69, 9.17) is 5.11 Å². The lowest BCUT2D eigenvalue weighted by molar-refractivity contribution is -0.141. The zero-order valence-electron chi connectivity index (χ0n) is 12.6. The number of unbranched alkanes of at least 4 members (excludes halogenated alkanes) is 3. The second-order valence-corrected chi connectivity index (χ2v) is 5.67. The van der Waals surface area contributed by atoms with Gasteiger partial charge in [-0.15, -0.1) is 0 Å². The number of carbonyl (C=O) groups is 1. The van der Waals surface area contributed by atoms with Crippen LogP contribution in [0.15, 0.2) is 0 Å². The van der Waals surface area contributed by atoms with Gasteiger partial charge in [-0.2, -0.15) is 0 Å². The third-order valence-electron chi connectivity index (χ3n) is 3.85. The zero-order valence-corrected chi connectivity index (χ0v) is 12.6. The first-order chi connectivity index (χ1) is 8.61. The molecule has 0 rings (SSSR count). The van der Waals surface area contributed by atoms with E-state index in [1.807, 2.05) is 6.92 Å². The number of carboxylic acid groups (broad SMARTS) is 1. The highest BCUT2D eigenvalue weighted by molar-refractivity contribution is 5.69. The van der Waals surface area contributed by atoms with Gasteiger partial charge in [-0.25, -0.2) is 0 Å². The van der Waals surface area contributed by atoms with Crippen LogP contribution >= 0.6 is 0 Å². The minimum Gasteiger partial charge on any atom is -0.481 e. The van der Waals surface area contributed by atoms with Crippen molar-refractivity contribution in [2.24, 2.45) is 11.8 Å². The van der Waals surface area contributed by atoms with Crippen LogP contribution in [0, 0.1) is 11.8 Å². The summed E-state index contributed by atoms with van der Waals surface area (Å²) in [6, 6.07) is 0. The van der Waals surface area contributed by atoms with Crippen molar-refractivity contribution >= 4 is 5.97 Å². The fraction of sp³-hybridized carbons (Fsp3) is 0.938. The Kier molecular flexibility index (Phi) is 11.2. The van der Waals surface area contributed by atoms with Crippen LogP contribution in [-0.4, -0.2) is 11.1 Å². The number of rotatable bonds is 12. The van der Waals surface area contributed by atoms with Crippen LogP contribution in [-0.2, 0) is 4.79 Å². The fourth-order valence-corrected chi connectivity index (χ4v) is 2.45. The molecular formula is C16H32O2. The van der Waals surface area contributed by atoms with E-state index >= 15 is 0 Å². The summed E-state index contributed by atoms with van der Waals surface area (Å²) in [5.74, 6) is 0.0102. The van der Waals surface area contributed by atoms with Crippen molar-refractivity contribution in [2.45, 2.75) is 85.0 Å². The van der Waals surface area contributed by atoms with Gasteiger partial charge in [0.2, 0.25) is 0 Å². The largest absolute Gasteiger partial charge is 0.481 e. The molecule has 0 saturated heterocycles. The predicted octanol–water partition coefficient (Wildman–Crippen LogP) is 5.26. The molecule has 18 heavy (non-hydrogen) atoms. The molecule has 1 N–H and O–H groups in total. The first-order valence-corrected chi connectivity index (χ1v) is 7.84. The highest BCUT2D eigenvalue weighted by Gasteiger charge is 2.13. The first-order valence-electron chi connectivity index (χ1n) is 7.84. The van der Waals surface area contributed by atoms with E-state index in [0.29, 0.717) is 0 Å². The molecule has 0 radical (unpaired) electrons. The van der Waals surface area contributed by atoms with Gasteiger partial charge in [0.25, 0.3) is 0 Å². The maximum absolute atomic E-state index is 10.8. The fourth-order valence-electron chi connectivity index (χ4n) is 2.45. The number of carboxylic acids is 1. The second kappa shape index (κ2) is 11.6. The van der Waals surface area contributed by atoms with Gasteiger partial charge < -0.3 is 5.11 Å². The van der Waals surface area contributed by atoms with Crippen LogP contribution in [0.25, 0.3) is 0 Å². The maximum Gasteiger partial charge on any atom is 0.306 e. The summed E-state index contributed by atoms with van der Waals surface area (Å²) in [6.07, 6.45) is 12.4. The molecular weight excluding hydrogens is 224 g/mol. The monoisotopic (exact) mass is 256 g/mol. The predicted molar refractivity (Wildman–Crippen MR) is 77.8 cm³/mol. The third kappa shape index (κ3) is 9.49. The van der Waals surface area contributed by atoms with E-state index in [1.54, 1.807) is 0 Å². The molecule has 0 aromatic rings. The van der Waals surface area contributed by atoms with E-state index < -0.39 is 5.97 Å². The second-order valence-electron chi connectivity index (χ2n) is 5.67. The lowest BCUT2D eigenvalue weighted by atomic mass is 9.89. The summed E-state index contributed by atoms with van der Waals surface area (Å²) in [6.45, 7) is 6.31. The van der Waals surface area contributed by atoms with E-state index in [-0.39, 0.29) is 5.92 Å². The molecule has 0 aliphatic carbocycles. The number of aliphatic carboxylic acids is 1. The van der Waals surface area contributed by atoms with Crippen molar-refractivity contribution in [1.29, 1.82) is 0 Å². The Morgan fingerprint density at radius 3 is 2.00 bits per heavy atom. The molecule has 0 spiro atoms. The Hall–Kier alpha value is -0.530. The van der Waals surface area contributed by atoms with Crippen molar-refractivity contribution in [3.63, 3.8) is 0 Å². The Morgan fingerprint density at radius 1 is 0.889 bits per heavy atom. The summed E-state index contributed by atoms with van der Waals surface area (Å²) >= 11 is 0. The molecule has 0 saturated carbocycles. The van der Waals surface area contributed by atoms with Gasteiger partial charge in [0.05, 0.1) is 5.92 Å². The van der Waals surface area contributed by atoms with Crippen LogP contribution in [0.3, 0.4) is 0 Å². The van der Waals surface area contributed by atoms with Crippen molar-refractivity contribution < 1.29 is 9.90 Å². The van der Waals surface area contributed by atoms with Gasteiger partial charge in [0, 0.05) is 0 Å². The molecule has 108 valence electrons. The molecule has 0 fully saturated rings. The molecule has 2 heteroatoms. The molecule has 0 heterocycles. The van der Waals surface area contributed by atoms with Gasteiger partial charge in [0.1, 0.15) is 0 Å². The average Bonchev–Trinajstić information content (AvgIpc) is 2.35. The maximum atomic E-state index is 10.8. The standard InChI is InChI=1S/C16H32O2/c1-4-6-8-12-15(11-7-5-2)13-9-10-14(3)16(17)18/h14-15H,4-13H2,1-3H3,(H,17,18). The van der Waals surface area contributed by atoms with Crippen molar-refractivity contribution in [2.75, 3.05) is 0 Å². The molecule has 0 aliphatic heterocycles. The quantitative estimate of drug-likeness (QED) is 0.483. The van der Waals surface area contributed by atoms with Crippen molar-refractivity contribution in [1.82, 2.24) is 0 Å². The van der Waals surface area contributed by atoms with Gasteiger partial charge in [0.15, 0.2) is 0 Å².